The normalized spacial score (nSPS) is 11.8. The zero-order chi connectivity index (χ0) is 11.8. The Balaban J connectivity index is 3.69. The van der Waals surface area contributed by atoms with Crippen molar-refractivity contribution in [1.82, 2.24) is 9.55 Å². The van der Waals surface area contributed by atoms with Crippen molar-refractivity contribution in [3.8, 4) is 0 Å². The van der Waals surface area contributed by atoms with E-state index in [2.05, 4.69) is 4.98 Å². The van der Waals surface area contributed by atoms with Gasteiger partial charge in [0.15, 0.2) is 0 Å². The van der Waals surface area contributed by atoms with Crippen LogP contribution >= 0.6 is 11.6 Å². The average Bonchev–Trinajstić information content (AvgIpc) is 2.00. The van der Waals surface area contributed by atoms with Crippen LogP contribution in [0.1, 0.15) is 33.3 Å². The Bertz CT molecular complexity index is 480. The lowest BCUT2D eigenvalue weighted by Gasteiger charge is -2.21. The minimum atomic E-state index is -0.542. The Morgan fingerprint density at radius 3 is 2.27 bits per heavy atom. The molecule has 0 fully saturated rings. The van der Waals surface area contributed by atoms with Gasteiger partial charge in [-0.15, -0.1) is 0 Å². The minimum absolute atomic E-state index is 0.146. The Morgan fingerprint density at radius 2 is 1.87 bits per heavy atom. The zero-order valence-corrected chi connectivity index (χ0v) is 10.1. The Hall–Kier alpha value is -1.03. The lowest BCUT2D eigenvalue weighted by atomic mass is 10.1. The maximum atomic E-state index is 11.9. The fourth-order valence-corrected chi connectivity index (χ4v) is 1.76. The standard InChI is InChI=1S/C10H15ClN2O2/c1-5-6-7(11)12-9(15)13(8(6)14)10(2,3)4/h5H2,1-4H3,(H,12,15). The summed E-state index contributed by atoms with van der Waals surface area (Å²) >= 11 is 5.79. The summed E-state index contributed by atoms with van der Waals surface area (Å²) in [5.41, 5.74) is -0.862. The summed E-state index contributed by atoms with van der Waals surface area (Å²) in [7, 11) is 0. The van der Waals surface area contributed by atoms with Crippen LogP contribution in [0, 0.1) is 0 Å². The van der Waals surface area contributed by atoms with Crippen molar-refractivity contribution >= 4 is 11.6 Å². The predicted molar refractivity (Wildman–Crippen MR) is 60.7 cm³/mol. The minimum Gasteiger partial charge on any atom is -0.297 e. The van der Waals surface area contributed by atoms with Crippen molar-refractivity contribution in [3.05, 3.63) is 31.6 Å². The van der Waals surface area contributed by atoms with E-state index < -0.39 is 11.2 Å². The molecule has 0 saturated heterocycles. The molecule has 15 heavy (non-hydrogen) atoms. The average molecular weight is 231 g/mol. The summed E-state index contributed by atoms with van der Waals surface area (Å²) in [5.74, 6) is 0. The largest absolute Gasteiger partial charge is 0.329 e. The van der Waals surface area contributed by atoms with Gasteiger partial charge >= 0.3 is 5.69 Å². The molecule has 5 heteroatoms. The maximum Gasteiger partial charge on any atom is 0.329 e. The van der Waals surface area contributed by atoms with Gasteiger partial charge in [0.05, 0.1) is 5.56 Å². The molecule has 0 aromatic carbocycles. The van der Waals surface area contributed by atoms with Gasteiger partial charge in [-0.25, -0.2) is 4.79 Å². The van der Waals surface area contributed by atoms with Crippen LogP contribution in [-0.4, -0.2) is 9.55 Å². The number of aromatic nitrogens is 2. The number of aromatic amines is 1. The predicted octanol–water partition coefficient (Wildman–Crippen LogP) is 1.51. The van der Waals surface area contributed by atoms with Crippen LogP contribution in [0.25, 0.3) is 0 Å². The van der Waals surface area contributed by atoms with Crippen molar-refractivity contribution in [1.29, 1.82) is 0 Å². The van der Waals surface area contributed by atoms with Gasteiger partial charge in [-0.2, -0.15) is 0 Å². The first kappa shape index (κ1) is 12.0. The molecule has 0 unspecified atom stereocenters. The second kappa shape index (κ2) is 3.85. The fourth-order valence-electron chi connectivity index (χ4n) is 1.46. The number of rotatable bonds is 1. The molecule has 0 amide bonds. The van der Waals surface area contributed by atoms with Crippen molar-refractivity contribution in [2.45, 2.75) is 39.7 Å². The zero-order valence-electron chi connectivity index (χ0n) is 9.35. The van der Waals surface area contributed by atoms with E-state index in [1.807, 2.05) is 6.92 Å². The lowest BCUT2D eigenvalue weighted by Crippen LogP contribution is -2.46. The first-order valence-electron chi connectivity index (χ1n) is 4.83. The van der Waals surface area contributed by atoms with E-state index in [0.29, 0.717) is 12.0 Å². The van der Waals surface area contributed by atoms with Crippen LogP contribution in [0.4, 0.5) is 0 Å². The molecule has 1 heterocycles. The molecule has 0 spiro atoms. The number of hydrogen-bond donors (Lipinski definition) is 1. The summed E-state index contributed by atoms with van der Waals surface area (Å²) < 4.78 is 1.19. The highest BCUT2D eigenvalue weighted by Crippen LogP contribution is 2.11. The number of halogens is 1. The molecule has 4 nitrogen and oxygen atoms in total. The Kier molecular flexibility index (Phi) is 3.09. The summed E-state index contributed by atoms with van der Waals surface area (Å²) in [6.45, 7) is 7.24. The topological polar surface area (TPSA) is 54.9 Å². The summed E-state index contributed by atoms with van der Waals surface area (Å²) in [5, 5.41) is 0.146. The van der Waals surface area contributed by atoms with E-state index in [9.17, 15) is 9.59 Å². The molecule has 0 atom stereocenters. The van der Waals surface area contributed by atoms with Gasteiger partial charge in [0.1, 0.15) is 5.15 Å². The number of nitrogens with zero attached hydrogens (tertiary/aromatic N) is 1. The second-order valence-corrected chi connectivity index (χ2v) is 4.77. The van der Waals surface area contributed by atoms with Gasteiger partial charge in [0.2, 0.25) is 0 Å². The van der Waals surface area contributed by atoms with Crippen LogP contribution in [0.3, 0.4) is 0 Å². The molecular formula is C10H15ClN2O2. The van der Waals surface area contributed by atoms with Crippen LogP contribution in [0.5, 0.6) is 0 Å². The van der Waals surface area contributed by atoms with E-state index in [0.717, 1.165) is 0 Å². The van der Waals surface area contributed by atoms with Gasteiger partial charge in [0, 0.05) is 5.54 Å². The number of H-pyrrole nitrogens is 1. The first-order valence-corrected chi connectivity index (χ1v) is 5.21. The fraction of sp³-hybridized carbons (Fsp3) is 0.600. The van der Waals surface area contributed by atoms with Gasteiger partial charge in [-0.05, 0) is 27.2 Å². The monoisotopic (exact) mass is 230 g/mol. The Morgan fingerprint density at radius 1 is 1.33 bits per heavy atom. The van der Waals surface area contributed by atoms with Crippen molar-refractivity contribution in [3.63, 3.8) is 0 Å². The van der Waals surface area contributed by atoms with Crippen molar-refractivity contribution in [2.75, 3.05) is 0 Å². The third-order valence-corrected chi connectivity index (χ3v) is 2.49. The summed E-state index contributed by atoms with van der Waals surface area (Å²) in [6, 6.07) is 0. The van der Waals surface area contributed by atoms with Crippen molar-refractivity contribution < 1.29 is 0 Å². The molecule has 0 aliphatic carbocycles. The van der Waals surface area contributed by atoms with Gasteiger partial charge in [0.25, 0.3) is 5.56 Å². The van der Waals surface area contributed by atoms with Gasteiger partial charge in [-0.3, -0.25) is 14.3 Å². The van der Waals surface area contributed by atoms with Crippen LogP contribution in [0.15, 0.2) is 9.59 Å². The summed E-state index contributed by atoms with van der Waals surface area (Å²) in [4.78, 5) is 26.0. The van der Waals surface area contributed by atoms with E-state index in [4.69, 9.17) is 11.6 Å². The molecule has 1 N–H and O–H groups in total. The first-order chi connectivity index (χ1) is 6.79. The molecule has 0 aliphatic heterocycles. The smallest absolute Gasteiger partial charge is 0.297 e. The second-order valence-electron chi connectivity index (χ2n) is 4.39. The van der Waals surface area contributed by atoms with E-state index >= 15 is 0 Å². The molecule has 0 radical (unpaired) electrons. The molecule has 1 aromatic rings. The van der Waals surface area contributed by atoms with Crippen LogP contribution in [-0.2, 0) is 12.0 Å². The molecule has 0 saturated carbocycles. The third-order valence-electron chi connectivity index (χ3n) is 2.17. The number of nitrogens with one attached hydrogen (secondary N) is 1. The van der Waals surface area contributed by atoms with Gasteiger partial charge < -0.3 is 0 Å². The van der Waals surface area contributed by atoms with E-state index in [-0.39, 0.29) is 10.7 Å². The SMILES string of the molecule is CCc1c(Cl)[nH]c(=O)n(C(C)(C)C)c1=O. The van der Waals surface area contributed by atoms with Crippen LogP contribution < -0.4 is 11.2 Å². The number of hydrogen-bond acceptors (Lipinski definition) is 2. The van der Waals surface area contributed by atoms with E-state index in [1.165, 1.54) is 4.57 Å². The summed E-state index contributed by atoms with van der Waals surface area (Å²) in [6.07, 6.45) is 0.504. The highest BCUT2D eigenvalue weighted by atomic mass is 35.5. The lowest BCUT2D eigenvalue weighted by molar-refractivity contribution is 0.364. The maximum absolute atomic E-state index is 11.9. The van der Waals surface area contributed by atoms with Crippen LogP contribution in [0.2, 0.25) is 5.15 Å². The molecule has 0 bridgehead atoms. The molecular weight excluding hydrogens is 216 g/mol. The molecule has 84 valence electrons. The van der Waals surface area contributed by atoms with Gasteiger partial charge in [-0.1, -0.05) is 18.5 Å². The Labute approximate surface area is 92.9 Å². The van der Waals surface area contributed by atoms with E-state index in [1.54, 1.807) is 20.8 Å². The third kappa shape index (κ3) is 2.15. The highest BCUT2D eigenvalue weighted by molar-refractivity contribution is 6.30. The molecule has 1 rings (SSSR count). The quantitative estimate of drug-likeness (QED) is 0.744. The van der Waals surface area contributed by atoms with Crippen molar-refractivity contribution in [2.24, 2.45) is 0 Å². The highest BCUT2D eigenvalue weighted by Gasteiger charge is 2.20. The molecule has 0 aliphatic rings. The molecule has 1 aromatic heterocycles.